The molecule has 0 saturated heterocycles. The van der Waals surface area contributed by atoms with Crippen LogP contribution in [0.3, 0.4) is 0 Å². The molecule has 1 radical (unpaired) electrons. The number of hydrogen-bond acceptors (Lipinski definition) is 0. The zero-order valence-electron chi connectivity index (χ0n) is 7.30. The molecule has 0 nitrogen and oxygen atoms in total. The van der Waals surface area contributed by atoms with Crippen LogP contribution in [0.2, 0.25) is 0 Å². The molecule has 0 aromatic heterocycles. The van der Waals surface area contributed by atoms with Gasteiger partial charge in [-0.05, 0) is 29.8 Å². The molecule has 0 N–H and O–H groups in total. The second-order valence-corrected chi connectivity index (χ2v) is 2.91. The molecule has 0 aliphatic rings. The Hall–Kier alpha value is -1.70. The molecule has 0 aliphatic carbocycles. The van der Waals surface area contributed by atoms with E-state index in [1.807, 2.05) is 0 Å². The lowest BCUT2D eigenvalue weighted by Crippen LogP contribution is -1.83. The molecular weight excluding hydrogens is 182 g/mol. The van der Waals surface area contributed by atoms with Crippen LogP contribution < -0.4 is 0 Å². The Morgan fingerprint density at radius 1 is 0.929 bits per heavy atom. The predicted octanol–water partition coefficient (Wildman–Crippen LogP) is 3.43. The van der Waals surface area contributed by atoms with E-state index in [1.165, 1.54) is 18.2 Å². The van der Waals surface area contributed by atoms with Gasteiger partial charge in [-0.3, -0.25) is 0 Å². The lowest BCUT2D eigenvalue weighted by atomic mass is 10.1. The van der Waals surface area contributed by atoms with Crippen molar-refractivity contribution < 1.29 is 8.78 Å². The summed E-state index contributed by atoms with van der Waals surface area (Å²) in [5, 5.41) is 0. The monoisotopic (exact) mass is 189 g/mol. The zero-order chi connectivity index (χ0) is 9.97. The van der Waals surface area contributed by atoms with Crippen molar-refractivity contribution in [1.82, 2.24) is 0 Å². The van der Waals surface area contributed by atoms with Crippen molar-refractivity contribution in [3.8, 4) is 11.1 Å². The highest BCUT2D eigenvalue weighted by Gasteiger charge is 2.02. The van der Waals surface area contributed by atoms with Crippen molar-refractivity contribution in [3.63, 3.8) is 0 Å². The molecule has 14 heavy (non-hydrogen) atoms. The number of halogens is 2. The molecule has 0 fully saturated rings. The molecule has 2 aromatic carbocycles. The number of hydrogen-bond donors (Lipinski definition) is 0. The molecule has 0 bridgehead atoms. The van der Waals surface area contributed by atoms with Gasteiger partial charge in [0.05, 0.1) is 0 Å². The molecule has 0 aliphatic heterocycles. The Kier molecular flexibility index (Phi) is 2.27. The minimum absolute atomic E-state index is 0.323. The van der Waals surface area contributed by atoms with E-state index in [-0.39, 0.29) is 11.6 Å². The summed E-state index contributed by atoms with van der Waals surface area (Å²) in [5.74, 6) is -0.671. The average Bonchev–Trinajstić information content (AvgIpc) is 2.20. The quantitative estimate of drug-likeness (QED) is 0.644. The van der Waals surface area contributed by atoms with Crippen molar-refractivity contribution in [2.75, 3.05) is 0 Å². The lowest BCUT2D eigenvalue weighted by molar-refractivity contribution is 0.625. The molecule has 2 aromatic rings. The highest BCUT2D eigenvalue weighted by Crippen LogP contribution is 2.21. The first-order chi connectivity index (χ1) is 6.77. The van der Waals surface area contributed by atoms with Gasteiger partial charge in [0, 0.05) is 5.56 Å². The highest BCUT2D eigenvalue weighted by molar-refractivity contribution is 5.63. The van der Waals surface area contributed by atoms with E-state index in [2.05, 4.69) is 6.07 Å². The fourth-order valence-corrected chi connectivity index (χ4v) is 1.27. The summed E-state index contributed by atoms with van der Waals surface area (Å²) in [4.78, 5) is 0. The largest absolute Gasteiger partial charge is 0.207 e. The molecule has 0 amide bonds. The van der Waals surface area contributed by atoms with E-state index < -0.39 is 0 Å². The second-order valence-electron chi connectivity index (χ2n) is 2.91. The van der Waals surface area contributed by atoms with Crippen LogP contribution in [0.15, 0.2) is 42.5 Å². The van der Waals surface area contributed by atoms with Gasteiger partial charge in [0.1, 0.15) is 11.6 Å². The third kappa shape index (κ3) is 1.64. The fraction of sp³-hybridized carbons (Fsp3) is 0. The van der Waals surface area contributed by atoms with Crippen LogP contribution in [0.1, 0.15) is 0 Å². The van der Waals surface area contributed by atoms with Crippen molar-refractivity contribution in [2.45, 2.75) is 0 Å². The Morgan fingerprint density at radius 2 is 1.64 bits per heavy atom. The SMILES string of the molecule is Fc1ccc(-c2cc[c]cc2F)cc1. The third-order valence-corrected chi connectivity index (χ3v) is 1.97. The van der Waals surface area contributed by atoms with Crippen LogP contribution in [-0.4, -0.2) is 0 Å². The number of benzene rings is 2. The molecular formula is C12H7F2. The van der Waals surface area contributed by atoms with Gasteiger partial charge in [-0.1, -0.05) is 24.3 Å². The van der Waals surface area contributed by atoms with Crippen LogP contribution in [0.4, 0.5) is 8.78 Å². The second kappa shape index (κ2) is 3.58. The maximum atomic E-state index is 13.3. The first-order valence-electron chi connectivity index (χ1n) is 4.19. The summed E-state index contributed by atoms with van der Waals surface area (Å²) in [6.45, 7) is 0. The minimum atomic E-state index is -0.348. The summed E-state index contributed by atoms with van der Waals surface area (Å²) < 4.78 is 25.9. The Bertz CT molecular complexity index is 432. The topological polar surface area (TPSA) is 0 Å². The van der Waals surface area contributed by atoms with Crippen molar-refractivity contribution in [1.29, 1.82) is 0 Å². The summed E-state index contributed by atoms with van der Waals surface area (Å²) >= 11 is 0. The standard InChI is InChI=1S/C12H7F2/c13-10-7-5-9(6-8-10)11-3-1-2-4-12(11)14/h1,3-8H. The molecule has 0 unspecified atom stereocenters. The fourth-order valence-electron chi connectivity index (χ4n) is 1.27. The van der Waals surface area contributed by atoms with Gasteiger partial charge in [0.15, 0.2) is 0 Å². The normalized spacial score (nSPS) is 10.1. The van der Waals surface area contributed by atoms with E-state index in [9.17, 15) is 8.78 Å². The van der Waals surface area contributed by atoms with E-state index in [0.717, 1.165) is 0 Å². The van der Waals surface area contributed by atoms with Crippen LogP contribution in [-0.2, 0) is 0 Å². The molecule has 2 rings (SSSR count). The molecule has 0 heterocycles. The third-order valence-electron chi connectivity index (χ3n) is 1.97. The van der Waals surface area contributed by atoms with Crippen LogP contribution in [0.25, 0.3) is 11.1 Å². The van der Waals surface area contributed by atoms with Gasteiger partial charge < -0.3 is 0 Å². The van der Waals surface area contributed by atoms with E-state index in [0.29, 0.717) is 11.1 Å². The van der Waals surface area contributed by atoms with Gasteiger partial charge in [-0.15, -0.1) is 0 Å². The summed E-state index contributed by atoms with van der Waals surface area (Å²) in [7, 11) is 0. The van der Waals surface area contributed by atoms with E-state index >= 15 is 0 Å². The zero-order valence-corrected chi connectivity index (χ0v) is 7.30. The van der Waals surface area contributed by atoms with Gasteiger partial charge in [0.2, 0.25) is 0 Å². The lowest BCUT2D eigenvalue weighted by Gasteiger charge is -2.01. The van der Waals surface area contributed by atoms with Crippen LogP contribution >= 0.6 is 0 Å². The van der Waals surface area contributed by atoms with Crippen LogP contribution in [0, 0.1) is 17.7 Å². The van der Waals surface area contributed by atoms with Crippen molar-refractivity contribution in [2.24, 2.45) is 0 Å². The smallest absolute Gasteiger partial charge is 0.131 e. The van der Waals surface area contributed by atoms with Gasteiger partial charge in [-0.2, -0.15) is 0 Å². The Balaban J connectivity index is 2.50. The minimum Gasteiger partial charge on any atom is -0.207 e. The molecule has 2 heteroatoms. The molecule has 0 saturated carbocycles. The molecule has 0 atom stereocenters. The Labute approximate surface area is 80.8 Å². The maximum absolute atomic E-state index is 13.3. The van der Waals surface area contributed by atoms with Gasteiger partial charge in [-0.25, -0.2) is 8.78 Å². The van der Waals surface area contributed by atoms with Gasteiger partial charge >= 0.3 is 0 Å². The molecule has 69 valence electrons. The number of rotatable bonds is 1. The summed E-state index contributed by atoms with van der Waals surface area (Å²) in [6.07, 6.45) is 0. The summed E-state index contributed by atoms with van der Waals surface area (Å²) in [5.41, 5.74) is 1.13. The van der Waals surface area contributed by atoms with Gasteiger partial charge in [0.25, 0.3) is 0 Å². The maximum Gasteiger partial charge on any atom is 0.131 e. The van der Waals surface area contributed by atoms with E-state index in [1.54, 1.807) is 24.3 Å². The van der Waals surface area contributed by atoms with E-state index in [4.69, 9.17) is 0 Å². The Morgan fingerprint density at radius 3 is 2.29 bits per heavy atom. The highest BCUT2D eigenvalue weighted by atomic mass is 19.1. The predicted molar refractivity (Wildman–Crippen MR) is 50.6 cm³/mol. The first-order valence-corrected chi connectivity index (χ1v) is 4.19. The average molecular weight is 189 g/mol. The summed E-state index contributed by atoms with van der Waals surface area (Å²) in [6, 6.07) is 12.9. The van der Waals surface area contributed by atoms with Crippen LogP contribution in [0.5, 0.6) is 0 Å². The first kappa shape index (κ1) is 8.88. The van der Waals surface area contributed by atoms with Crippen molar-refractivity contribution in [3.05, 3.63) is 60.2 Å². The molecule has 0 spiro atoms. The van der Waals surface area contributed by atoms with Crippen molar-refractivity contribution >= 4 is 0 Å².